The smallest absolute Gasteiger partial charge is 0.199 e. The standard InChI is InChI=1S/C30H22BrNO/c31-24-16-18-25(19-17-24)32-29(22-10-3-1-4-11-22)28-26-14-8-7-9-21(26)15-20-27(28)33-30(32)23-12-5-2-6-13-23/h1-20,29-30H/t29-,30+/m1/s1. The van der Waals surface area contributed by atoms with Gasteiger partial charge in [-0.25, -0.2) is 0 Å². The van der Waals surface area contributed by atoms with Gasteiger partial charge in [-0.15, -0.1) is 0 Å². The molecule has 33 heavy (non-hydrogen) atoms. The minimum Gasteiger partial charge on any atom is -0.466 e. The zero-order valence-electron chi connectivity index (χ0n) is 17.9. The fourth-order valence-electron chi connectivity index (χ4n) is 4.82. The maximum atomic E-state index is 6.79. The van der Waals surface area contributed by atoms with Crippen LogP contribution in [0.15, 0.2) is 126 Å². The van der Waals surface area contributed by atoms with Gasteiger partial charge < -0.3 is 9.64 Å². The first-order valence-corrected chi connectivity index (χ1v) is 11.9. The molecule has 0 radical (unpaired) electrons. The van der Waals surface area contributed by atoms with E-state index in [2.05, 4.69) is 136 Å². The zero-order valence-corrected chi connectivity index (χ0v) is 19.5. The molecule has 0 saturated heterocycles. The van der Waals surface area contributed by atoms with Crippen molar-refractivity contribution in [3.05, 3.63) is 142 Å². The summed E-state index contributed by atoms with van der Waals surface area (Å²) in [7, 11) is 0. The van der Waals surface area contributed by atoms with Crippen LogP contribution in [0.4, 0.5) is 5.69 Å². The van der Waals surface area contributed by atoms with Gasteiger partial charge in [0, 0.05) is 21.3 Å². The number of hydrogen-bond donors (Lipinski definition) is 0. The number of halogens is 1. The van der Waals surface area contributed by atoms with E-state index < -0.39 is 0 Å². The van der Waals surface area contributed by atoms with E-state index in [-0.39, 0.29) is 12.3 Å². The molecule has 0 fully saturated rings. The number of ether oxygens (including phenoxy) is 1. The lowest BCUT2D eigenvalue weighted by Crippen LogP contribution is -2.40. The van der Waals surface area contributed by atoms with Gasteiger partial charge in [-0.3, -0.25) is 0 Å². The van der Waals surface area contributed by atoms with E-state index in [0.717, 1.165) is 21.5 Å². The van der Waals surface area contributed by atoms with E-state index in [4.69, 9.17) is 4.74 Å². The van der Waals surface area contributed by atoms with Crippen molar-refractivity contribution < 1.29 is 4.74 Å². The van der Waals surface area contributed by atoms with Crippen LogP contribution in [0.2, 0.25) is 0 Å². The Balaban J connectivity index is 1.66. The Hall–Kier alpha value is -3.56. The quantitative estimate of drug-likeness (QED) is 0.251. The molecule has 5 aromatic carbocycles. The van der Waals surface area contributed by atoms with Gasteiger partial charge in [0.15, 0.2) is 6.23 Å². The highest BCUT2D eigenvalue weighted by molar-refractivity contribution is 9.10. The summed E-state index contributed by atoms with van der Waals surface area (Å²) in [5.74, 6) is 0.935. The minimum atomic E-state index is -0.258. The maximum absolute atomic E-state index is 6.79. The summed E-state index contributed by atoms with van der Waals surface area (Å²) in [5.41, 5.74) is 4.68. The summed E-state index contributed by atoms with van der Waals surface area (Å²) < 4.78 is 7.85. The predicted molar refractivity (Wildman–Crippen MR) is 139 cm³/mol. The zero-order chi connectivity index (χ0) is 22.2. The first kappa shape index (κ1) is 20.1. The van der Waals surface area contributed by atoms with Crippen LogP contribution in [-0.2, 0) is 0 Å². The second kappa shape index (κ2) is 8.42. The van der Waals surface area contributed by atoms with E-state index in [1.807, 2.05) is 6.07 Å². The molecule has 0 bridgehead atoms. The molecule has 0 N–H and O–H groups in total. The number of nitrogens with zero attached hydrogens (tertiary/aromatic N) is 1. The molecule has 2 atom stereocenters. The maximum Gasteiger partial charge on any atom is 0.199 e. The van der Waals surface area contributed by atoms with Crippen LogP contribution in [0.5, 0.6) is 5.75 Å². The van der Waals surface area contributed by atoms with Crippen LogP contribution in [-0.4, -0.2) is 0 Å². The molecule has 3 heteroatoms. The molecule has 160 valence electrons. The first-order valence-electron chi connectivity index (χ1n) is 11.1. The second-order valence-corrected chi connectivity index (χ2v) is 9.19. The van der Waals surface area contributed by atoms with Crippen molar-refractivity contribution in [3.8, 4) is 5.75 Å². The second-order valence-electron chi connectivity index (χ2n) is 8.28. The molecule has 0 aromatic heterocycles. The summed E-state index contributed by atoms with van der Waals surface area (Å²) >= 11 is 3.60. The van der Waals surface area contributed by atoms with Crippen molar-refractivity contribution in [1.82, 2.24) is 0 Å². The van der Waals surface area contributed by atoms with Gasteiger partial charge in [0.25, 0.3) is 0 Å². The normalized spacial score (nSPS) is 17.4. The van der Waals surface area contributed by atoms with Crippen LogP contribution >= 0.6 is 15.9 Å². The fraction of sp³-hybridized carbons (Fsp3) is 0.0667. The summed E-state index contributed by atoms with van der Waals surface area (Å²) in [6.07, 6.45) is -0.258. The average Bonchev–Trinajstić information content (AvgIpc) is 2.89. The number of benzene rings is 5. The molecule has 1 heterocycles. The minimum absolute atomic E-state index is 0.00701. The highest BCUT2D eigenvalue weighted by atomic mass is 79.9. The fourth-order valence-corrected chi connectivity index (χ4v) is 5.08. The molecule has 0 spiro atoms. The van der Waals surface area contributed by atoms with Crippen molar-refractivity contribution in [2.24, 2.45) is 0 Å². The van der Waals surface area contributed by atoms with Crippen LogP contribution in [0.25, 0.3) is 10.8 Å². The molecule has 0 saturated carbocycles. The Morgan fingerprint density at radius 2 is 1.24 bits per heavy atom. The molecule has 2 nitrogen and oxygen atoms in total. The lowest BCUT2D eigenvalue weighted by Gasteiger charge is -2.45. The molecule has 5 aromatic rings. The van der Waals surface area contributed by atoms with Gasteiger partial charge in [0.05, 0.1) is 6.04 Å². The van der Waals surface area contributed by atoms with Gasteiger partial charge in [0.2, 0.25) is 0 Å². The first-order chi connectivity index (χ1) is 16.3. The van der Waals surface area contributed by atoms with Gasteiger partial charge in [0.1, 0.15) is 5.75 Å². The van der Waals surface area contributed by atoms with Crippen LogP contribution in [0.1, 0.15) is 29.0 Å². The van der Waals surface area contributed by atoms with E-state index in [1.165, 1.54) is 21.9 Å². The molecule has 1 aliphatic rings. The third-order valence-electron chi connectivity index (χ3n) is 6.30. The van der Waals surface area contributed by atoms with Gasteiger partial charge >= 0.3 is 0 Å². The van der Waals surface area contributed by atoms with Crippen molar-refractivity contribution in [3.63, 3.8) is 0 Å². The van der Waals surface area contributed by atoms with Crippen molar-refractivity contribution in [2.45, 2.75) is 12.3 Å². The predicted octanol–water partition coefficient (Wildman–Crippen LogP) is 8.29. The Bertz CT molecular complexity index is 1400. The molecule has 1 aliphatic heterocycles. The van der Waals surface area contributed by atoms with E-state index in [9.17, 15) is 0 Å². The highest BCUT2D eigenvalue weighted by Gasteiger charge is 2.38. The monoisotopic (exact) mass is 491 g/mol. The summed E-state index contributed by atoms with van der Waals surface area (Å²) in [6.45, 7) is 0. The molecule has 0 amide bonds. The molecule has 0 unspecified atom stereocenters. The highest BCUT2D eigenvalue weighted by Crippen LogP contribution is 2.50. The van der Waals surface area contributed by atoms with E-state index in [1.54, 1.807) is 0 Å². The largest absolute Gasteiger partial charge is 0.466 e. The van der Waals surface area contributed by atoms with Crippen LogP contribution in [0.3, 0.4) is 0 Å². The number of hydrogen-bond acceptors (Lipinski definition) is 2. The van der Waals surface area contributed by atoms with Crippen LogP contribution in [0, 0.1) is 0 Å². The average molecular weight is 492 g/mol. The van der Waals surface area contributed by atoms with Crippen molar-refractivity contribution in [1.29, 1.82) is 0 Å². The number of anilines is 1. The molecule has 6 rings (SSSR count). The third-order valence-corrected chi connectivity index (χ3v) is 6.83. The SMILES string of the molecule is Brc1ccc(N2[C@H](c3ccccc3)c3c(ccc4ccccc34)O[C@H]2c2ccccc2)cc1. The van der Waals surface area contributed by atoms with E-state index in [0.29, 0.717) is 0 Å². The Kier molecular flexibility index (Phi) is 5.12. The summed E-state index contributed by atoms with van der Waals surface area (Å²) in [5, 5.41) is 2.44. The lowest BCUT2D eigenvalue weighted by molar-refractivity contribution is 0.170. The topological polar surface area (TPSA) is 12.5 Å². The molecular weight excluding hydrogens is 470 g/mol. The van der Waals surface area contributed by atoms with Crippen molar-refractivity contribution in [2.75, 3.05) is 4.90 Å². The Labute approximate surface area is 202 Å². The summed E-state index contributed by atoms with van der Waals surface area (Å²) in [6, 6.07) is 42.6. The van der Waals surface area contributed by atoms with Crippen LogP contribution < -0.4 is 9.64 Å². The van der Waals surface area contributed by atoms with Gasteiger partial charge in [-0.1, -0.05) is 107 Å². The van der Waals surface area contributed by atoms with Crippen molar-refractivity contribution >= 4 is 32.4 Å². The Morgan fingerprint density at radius 1 is 0.606 bits per heavy atom. The van der Waals surface area contributed by atoms with E-state index >= 15 is 0 Å². The molecule has 0 aliphatic carbocycles. The molecular formula is C30H22BrNO. The van der Waals surface area contributed by atoms with Gasteiger partial charge in [-0.05, 0) is 46.7 Å². The summed E-state index contributed by atoms with van der Waals surface area (Å²) in [4.78, 5) is 2.41. The number of fused-ring (bicyclic) bond motifs is 3. The van der Waals surface area contributed by atoms with Gasteiger partial charge in [-0.2, -0.15) is 0 Å². The lowest BCUT2D eigenvalue weighted by atomic mass is 9.89. The Morgan fingerprint density at radius 3 is 1.97 bits per heavy atom. The third kappa shape index (κ3) is 3.59. The number of rotatable bonds is 3.